The maximum absolute atomic E-state index is 14.0. The van der Waals surface area contributed by atoms with Gasteiger partial charge in [-0.25, -0.2) is 4.39 Å². The van der Waals surface area contributed by atoms with E-state index in [0.29, 0.717) is 23.9 Å². The number of fused-ring (bicyclic) bond motifs is 1. The maximum atomic E-state index is 14.0. The third kappa shape index (κ3) is 4.83. The number of para-hydroxylation sites is 1. The molecule has 0 aliphatic rings. The zero-order chi connectivity index (χ0) is 23.5. The zero-order valence-electron chi connectivity index (χ0n) is 17.4. The monoisotopic (exact) mass is 450 g/mol. The summed E-state index contributed by atoms with van der Waals surface area (Å²) in [7, 11) is 1.42. The first-order valence-electron chi connectivity index (χ1n) is 9.88. The van der Waals surface area contributed by atoms with E-state index in [9.17, 15) is 27.5 Å². The molecule has 0 aliphatic heterocycles. The first-order chi connectivity index (χ1) is 15.1. The van der Waals surface area contributed by atoms with E-state index in [0.717, 1.165) is 18.2 Å². The molecule has 0 radical (unpaired) electrons. The third-order valence-corrected chi connectivity index (χ3v) is 5.32. The van der Waals surface area contributed by atoms with E-state index in [1.165, 1.54) is 13.2 Å². The number of alkyl halides is 3. The van der Waals surface area contributed by atoms with Crippen molar-refractivity contribution in [3.63, 3.8) is 0 Å². The number of rotatable bonds is 7. The van der Waals surface area contributed by atoms with Gasteiger partial charge in [-0.15, -0.1) is 0 Å². The van der Waals surface area contributed by atoms with Crippen LogP contribution in [0.5, 0.6) is 5.75 Å². The SMILES string of the molecule is CCC(CC(O)(C=Nc1cc(F)cc2[nH]c(=O)ccc12)C(F)(F)F)c1ccccc1OC. The van der Waals surface area contributed by atoms with Crippen molar-refractivity contribution in [2.75, 3.05) is 7.11 Å². The lowest BCUT2D eigenvalue weighted by Crippen LogP contribution is -2.47. The normalized spacial score (nSPS) is 15.1. The summed E-state index contributed by atoms with van der Waals surface area (Å²) in [5, 5.41) is 10.9. The van der Waals surface area contributed by atoms with Crippen LogP contribution < -0.4 is 10.3 Å². The first-order valence-corrected chi connectivity index (χ1v) is 9.88. The third-order valence-electron chi connectivity index (χ3n) is 5.32. The maximum Gasteiger partial charge on any atom is 0.422 e. The van der Waals surface area contributed by atoms with Crippen molar-refractivity contribution in [1.82, 2.24) is 4.98 Å². The van der Waals surface area contributed by atoms with Gasteiger partial charge in [-0.3, -0.25) is 9.79 Å². The Morgan fingerprint density at radius 3 is 2.56 bits per heavy atom. The Bertz CT molecular complexity index is 1190. The van der Waals surface area contributed by atoms with Gasteiger partial charge in [0.05, 0.1) is 18.3 Å². The minimum absolute atomic E-state index is 0.0839. The summed E-state index contributed by atoms with van der Waals surface area (Å²) in [5.74, 6) is -1.06. The molecular formula is C23H22F4N2O3. The van der Waals surface area contributed by atoms with E-state index in [1.54, 1.807) is 31.2 Å². The molecule has 0 amide bonds. The molecule has 1 heterocycles. The van der Waals surface area contributed by atoms with Crippen LogP contribution in [-0.4, -0.2) is 35.2 Å². The molecular weight excluding hydrogens is 428 g/mol. The number of aromatic amines is 1. The Hall–Kier alpha value is -3.20. The molecule has 3 aromatic rings. The van der Waals surface area contributed by atoms with Gasteiger partial charge in [-0.2, -0.15) is 13.2 Å². The van der Waals surface area contributed by atoms with Crippen molar-refractivity contribution in [1.29, 1.82) is 0 Å². The van der Waals surface area contributed by atoms with Crippen LogP contribution in [0.3, 0.4) is 0 Å². The molecule has 0 saturated heterocycles. The van der Waals surface area contributed by atoms with Gasteiger partial charge in [0.1, 0.15) is 11.6 Å². The van der Waals surface area contributed by atoms with Crippen LogP contribution >= 0.6 is 0 Å². The van der Waals surface area contributed by atoms with Gasteiger partial charge in [-0.1, -0.05) is 25.1 Å². The van der Waals surface area contributed by atoms with Crippen molar-refractivity contribution in [2.45, 2.75) is 37.5 Å². The molecule has 2 aromatic carbocycles. The number of pyridine rings is 1. The lowest BCUT2D eigenvalue weighted by molar-refractivity contribution is -0.232. The smallest absolute Gasteiger partial charge is 0.422 e. The lowest BCUT2D eigenvalue weighted by atomic mass is 9.84. The van der Waals surface area contributed by atoms with Crippen LogP contribution in [0.2, 0.25) is 0 Å². The van der Waals surface area contributed by atoms with E-state index in [-0.39, 0.29) is 16.6 Å². The Balaban J connectivity index is 2.04. The molecule has 0 bridgehead atoms. The van der Waals surface area contributed by atoms with Crippen molar-refractivity contribution < 1.29 is 27.4 Å². The fraction of sp³-hybridized carbons (Fsp3) is 0.304. The van der Waals surface area contributed by atoms with Crippen molar-refractivity contribution >= 4 is 22.8 Å². The van der Waals surface area contributed by atoms with Crippen LogP contribution in [-0.2, 0) is 0 Å². The molecule has 2 unspecified atom stereocenters. The highest BCUT2D eigenvalue weighted by Crippen LogP contribution is 2.41. The Morgan fingerprint density at radius 1 is 1.19 bits per heavy atom. The summed E-state index contributed by atoms with van der Waals surface area (Å²) in [6.45, 7) is 1.71. The highest BCUT2D eigenvalue weighted by atomic mass is 19.4. The number of aliphatic imine (C=N–C) groups is 1. The number of halogens is 4. The summed E-state index contributed by atoms with van der Waals surface area (Å²) < 4.78 is 61.1. The largest absolute Gasteiger partial charge is 0.496 e. The molecule has 2 atom stereocenters. The van der Waals surface area contributed by atoms with E-state index in [4.69, 9.17) is 4.74 Å². The average molecular weight is 450 g/mol. The van der Waals surface area contributed by atoms with Crippen LogP contribution in [0.1, 0.15) is 31.2 Å². The average Bonchev–Trinajstić information content (AvgIpc) is 2.74. The molecule has 2 N–H and O–H groups in total. The topological polar surface area (TPSA) is 74.7 Å². The standard InChI is InChI=1S/C23H22F4N2O3/c1-3-14(16-6-4-5-7-20(16)32-2)12-22(31,23(25,26)27)13-28-18-10-15(24)11-19-17(18)8-9-21(30)29-19/h4-11,13-14,31H,3,12H2,1-2H3,(H,29,30). The number of nitrogens with one attached hydrogen (secondary N) is 1. The quantitative estimate of drug-likeness (QED) is 0.381. The Kier molecular flexibility index (Phi) is 6.68. The van der Waals surface area contributed by atoms with Crippen molar-refractivity contribution in [3.8, 4) is 5.75 Å². The van der Waals surface area contributed by atoms with Gasteiger partial charge in [0, 0.05) is 23.7 Å². The number of nitrogens with zero attached hydrogens (tertiary/aromatic N) is 1. The molecule has 9 heteroatoms. The molecule has 1 aromatic heterocycles. The summed E-state index contributed by atoms with van der Waals surface area (Å²) in [6, 6.07) is 11.1. The second-order valence-electron chi connectivity index (χ2n) is 7.44. The van der Waals surface area contributed by atoms with Crippen LogP contribution in [0.15, 0.2) is 58.3 Å². The van der Waals surface area contributed by atoms with Crippen LogP contribution in [0.25, 0.3) is 10.9 Å². The zero-order valence-corrected chi connectivity index (χ0v) is 17.4. The first kappa shape index (κ1) is 23.5. The van der Waals surface area contributed by atoms with Crippen molar-refractivity contribution in [3.05, 3.63) is 70.3 Å². The molecule has 5 nitrogen and oxygen atoms in total. The van der Waals surface area contributed by atoms with Crippen molar-refractivity contribution in [2.24, 2.45) is 4.99 Å². The lowest BCUT2D eigenvalue weighted by Gasteiger charge is -2.31. The van der Waals surface area contributed by atoms with Crippen LogP contribution in [0, 0.1) is 5.82 Å². The van der Waals surface area contributed by atoms with Gasteiger partial charge in [0.15, 0.2) is 5.60 Å². The molecule has 32 heavy (non-hydrogen) atoms. The second kappa shape index (κ2) is 9.12. The number of aromatic nitrogens is 1. The highest BCUT2D eigenvalue weighted by molar-refractivity contribution is 5.92. The predicted octanol–water partition coefficient (Wildman–Crippen LogP) is 5.26. The molecule has 0 fully saturated rings. The Morgan fingerprint density at radius 2 is 1.91 bits per heavy atom. The number of benzene rings is 2. The van der Waals surface area contributed by atoms with E-state index < -0.39 is 35.5 Å². The predicted molar refractivity (Wildman–Crippen MR) is 114 cm³/mol. The number of H-pyrrole nitrogens is 1. The van der Waals surface area contributed by atoms with E-state index in [2.05, 4.69) is 9.98 Å². The molecule has 3 rings (SSSR count). The molecule has 0 aliphatic carbocycles. The van der Waals surface area contributed by atoms with Gasteiger partial charge in [0.25, 0.3) is 0 Å². The molecule has 0 spiro atoms. The summed E-state index contributed by atoms with van der Waals surface area (Å²) in [6.07, 6.45) is -5.05. The van der Waals surface area contributed by atoms with Crippen LogP contribution in [0.4, 0.5) is 23.2 Å². The number of ether oxygens (including phenoxy) is 1. The number of hydrogen-bond donors (Lipinski definition) is 2. The van der Waals surface area contributed by atoms with Gasteiger partial charge < -0.3 is 14.8 Å². The summed E-state index contributed by atoms with van der Waals surface area (Å²) in [4.78, 5) is 17.7. The fourth-order valence-corrected chi connectivity index (χ4v) is 3.59. The number of hydrogen-bond acceptors (Lipinski definition) is 4. The minimum Gasteiger partial charge on any atom is -0.496 e. The van der Waals surface area contributed by atoms with E-state index in [1.807, 2.05) is 0 Å². The fourth-order valence-electron chi connectivity index (χ4n) is 3.59. The Labute approximate surface area is 181 Å². The summed E-state index contributed by atoms with van der Waals surface area (Å²) >= 11 is 0. The molecule has 0 saturated carbocycles. The number of aliphatic hydroxyl groups is 1. The van der Waals surface area contributed by atoms with E-state index >= 15 is 0 Å². The number of methoxy groups -OCH3 is 1. The highest BCUT2D eigenvalue weighted by Gasteiger charge is 2.53. The van der Waals surface area contributed by atoms with Gasteiger partial charge >= 0.3 is 6.18 Å². The summed E-state index contributed by atoms with van der Waals surface area (Å²) in [5.41, 5.74) is -3.31. The molecule has 170 valence electrons. The second-order valence-corrected chi connectivity index (χ2v) is 7.44. The van der Waals surface area contributed by atoms with Gasteiger partial charge in [0.2, 0.25) is 5.56 Å². The minimum atomic E-state index is -5.04. The van der Waals surface area contributed by atoms with Gasteiger partial charge in [-0.05, 0) is 42.5 Å².